The molecule has 0 radical (unpaired) electrons. The molecule has 1 aliphatic carbocycles. The van der Waals surface area contributed by atoms with Gasteiger partial charge in [-0.15, -0.1) is 0 Å². The highest BCUT2D eigenvalue weighted by Gasteiger charge is 2.34. The van der Waals surface area contributed by atoms with Crippen LogP contribution in [-0.4, -0.2) is 32.6 Å². The number of aromatic nitrogens is 2. The van der Waals surface area contributed by atoms with Gasteiger partial charge in [-0.2, -0.15) is 0 Å². The summed E-state index contributed by atoms with van der Waals surface area (Å²) in [4.78, 5) is 28.7. The van der Waals surface area contributed by atoms with Crippen LogP contribution in [0.1, 0.15) is 41.0 Å². The summed E-state index contributed by atoms with van der Waals surface area (Å²) in [6.07, 6.45) is 2.14. The number of para-hydroxylation sites is 2. The Balaban J connectivity index is 1.47. The van der Waals surface area contributed by atoms with E-state index in [9.17, 15) is 14.0 Å². The highest BCUT2D eigenvalue weighted by atomic mass is 19.1. The number of carbonyl (C=O) groups is 2. The standard InChI is InChI=1S/C22H23FN4O3/c23-12-20-24-18-5-1-2-7-19(18)27(20)13-14-8-10-15(11-9-14)21(28)25-17-6-3-4-16(17)22(29)26-30/h1-2,5,7-11,16-17,30H,3-4,6,12-13H2,(H,25,28)(H,26,29)/t16-,17+/m0/s1. The summed E-state index contributed by atoms with van der Waals surface area (Å²) in [7, 11) is 0. The fraction of sp³-hybridized carbons (Fsp3) is 0.318. The second kappa shape index (κ2) is 8.62. The van der Waals surface area contributed by atoms with Crippen molar-refractivity contribution in [3.8, 4) is 0 Å². The van der Waals surface area contributed by atoms with Crippen LogP contribution in [0.4, 0.5) is 4.39 Å². The summed E-state index contributed by atoms with van der Waals surface area (Å²) < 4.78 is 15.3. The van der Waals surface area contributed by atoms with Crippen molar-refractivity contribution >= 4 is 22.8 Å². The number of carbonyl (C=O) groups excluding carboxylic acids is 2. The maximum absolute atomic E-state index is 13.4. The van der Waals surface area contributed by atoms with Crippen LogP contribution < -0.4 is 10.8 Å². The number of hydrogen-bond donors (Lipinski definition) is 3. The summed E-state index contributed by atoms with van der Waals surface area (Å²) in [5.74, 6) is -0.787. The van der Waals surface area contributed by atoms with E-state index in [4.69, 9.17) is 5.21 Å². The van der Waals surface area contributed by atoms with Crippen LogP contribution in [0, 0.1) is 5.92 Å². The van der Waals surface area contributed by atoms with E-state index in [1.54, 1.807) is 17.6 Å². The molecule has 0 bridgehead atoms. The van der Waals surface area contributed by atoms with Crippen molar-refractivity contribution in [2.75, 3.05) is 0 Å². The average molecular weight is 410 g/mol. The first-order chi connectivity index (χ1) is 14.6. The molecule has 3 N–H and O–H groups in total. The van der Waals surface area contributed by atoms with Crippen LogP contribution in [-0.2, 0) is 18.0 Å². The lowest BCUT2D eigenvalue weighted by molar-refractivity contribution is -0.133. The second-order valence-corrected chi connectivity index (χ2v) is 7.53. The smallest absolute Gasteiger partial charge is 0.251 e. The summed E-state index contributed by atoms with van der Waals surface area (Å²) >= 11 is 0. The Morgan fingerprint density at radius 3 is 2.63 bits per heavy atom. The Kier molecular flexibility index (Phi) is 5.76. The molecule has 0 aliphatic heterocycles. The zero-order valence-corrected chi connectivity index (χ0v) is 16.3. The summed E-state index contributed by atoms with van der Waals surface area (Å²) in [6.45, 7) is -0.206. The minimum absolute atomic E-state index is 0.262. The molecule has 7 nitrogen and oxygen atoms in total. The third-order valence-corrected chi connectivity index (χ3v) is 5.69. The molecule has 0 saturated heterocycles. The van der Waals surface area contributed by atoms with E-state index in [0.717, 1.165) is 23.0 Å². The van der Waals surface area contributed by atoms with Gasteiger partial charge in [0, 0.05) is 18.2 Å². The number of hydroxylamine groups is 1. The zero-order chi connectivity index (χ0) is 21.1. The number of alkyl halides is 1. The van der Waals surface area contributed by atoms with Gasteiger partial charge in [-0.05, 0) is 42.7 Å². The van der Waals surface area contributed by atoms with Crippen LogP contribution in [0.15, 0.2) is 48.5 Å². The molecule has 2 amide bonds. The number of amides is 2. The molecule has 4 rings (SSSR count). The Morgan fingerprint density at radius 1 is 1.13 bits per heavy atom. The summed E-state index contributed by atoms with van der Waals surface area (Å²) in [5, 5.41) is 11.8. The number of nitrogens with one attached hydrogen (secondary N) is 2. The SMILES string of the molecule is O=C(N[C@@H]1CCC[C@@H]1C(=O)NO)c1ccc(Cn2c(CF)nc3ccccc32)cc1. The molecule has 1 fully saturated rings. The number of nitrogens with zero attached hydrogens (tertiary/aromatic N) is 2. The van der Waals surface area contributed by atoms with Crippen LogP contribution >= 0.6 is 0 Å². The third-order valence-electron chi connectivity index (χ3n) is 5.69. The van der Waals surface area contributed by atoms with E-state index in [1.165, 1.54) is 0 Å². The minimum atomic E-state index is -0.654. The lowest BCUT2D eigenvalue weighted by Crippen LogP contribution is -2.43. The average Bonchev–Trinajstić information content (AvgIpc) is 3.38. The zero-order valence-electron chi connectivity index (χ0n) is 16.3. The number of rotatable bonds is 6. The van der Waals surface area contributed by atoms with Crippen molar-refractivity contribution in [2.45, 2.75) is 38.5 Å². The first-order valence-electron chi connectivity index (χ1n) is 9.94. The van der Waals surface area contributed by atoms with Crippen molar-refractivity contribution < 1.29 is 19.2 Å². The Bertz CT molecular complexity index is 1060. The fourth-order valence-corrected chi connectivity index (χ4v) is 4.13. The first-order valence-corrected chi connectivity index (χ1v) is 9.94. The van der Waals surface area contributed by atoms with Gasteiger partial charge in [0.25, 0.3) is 5.91 Å². The van der Waals surface area contributed by atoms with Gasteiger partial charge in [0.15, 0.2) is 0 Å². The predicted molar refractivity (Wildman–Crippen MR) is 109 cm³/mol. The topological polar surface area (TPSA) is 96.3 Å². The molecule has 1 saturated carbocycles. The maximum atomic E-state index is 13.4. The molecule has 3 aromatic rings. The molecule has 30 heavy (non-hydrogen) atoms. The monoisotopic (exact) mass is 410 g/mol. The van der Waals surface area contributed by atoms with Crippen LogP contribution in [0.25, 0.3) is 11.0 Å². The highest BCUT2D eigenvalue weighted by Crippen LogP contribution is 2.26. The lowest BCUT2D eigenvalue weighted by atomic mass is 10.0. The van der Waals surface area contributed by atoms with Crippen LogP contribution in [0.2, 0.25) is 0 Å². The molecule has 156 valence electrons. The Labute approximate surface area is 172 Å². The van der Waals surface area contributed by atoms with Gasteiger partial charge in [0.1, 0.15) is 12.5 Å². The van der Waals surface area contributed by atoms with Crippen molar-refractivity contribution in [2.24, 2.45) is 5.92 Å². The number of halogens is 1. The van der Waals surface area contributed by atoms with Crippen molar-refractivity contribution in [3.63, 3.8) is 0 Å². The number of fused-ring (bicyclic) bond motifs is 1. The predicted octanol–water partition coefficient (Wildman–Crippen LogP) is 2.96. The van der Waals surface area contributed by atoms with E-state index < -0.39 is 18.5 Å². The molecule has 0 unspecified atom stereocenters. The normalized spacial score (nSPS) is 18.5. The van der Waals surface area contributed by atoms with E-state index in [1.807, 2.05) is 41.0 Å². The molecule has 1 aromatic heterocycles. The molecular weight excluding hydrogens is 387 g/mol. The van der Waals surface area contributed by atoms with Gasteiger partial charge >= 0.3 is 0 Å². The van der Waals surface area contributed by atoms with Gasteiger partial charge in [-0.25, -0.2) is 14.9 Å². The second-order valence-electron chi connectivity index (χ2n) is 7.53. The van der Waals surface area contributed by atoms with Crippen LogP contribution in [0.5, 0.6) is 0 Å². The van der Waals surface area contributed by atoms with Crippen LogP contribution in [0.3, 0.4) is 0 Å². The quantitative estimate of drug-likeness (QED) is 0.430. The van der Waals surface area contributed by atoms with Gasteiger partial charge in [-0.1, -0.05) is 30.7 Å². The van der Waals surface area contributed by atoms with Crippen molar-refractivity contribution in [1.29, 1.82) is 0 Å². The summed E-state index contributed by atoms with van der Waals surface area (Å²) in [5.41, 5.74) is 4.69. The lowest BCUT2D eigenvalue weighted by Gasteiger charge is -2.19. The fourth-order valence-electron chi connectivity index (χ4n) is 4.13. The number of hydrogen-bond acceptors (Lipinski definition) is 4. The van der Waals surface area contributed by atoms with Crippen molar-refractivity contribution in [3.05, 3.63) is 65.5 Å². The van der Waals surface area contributed by atoms with E-state index in [2.05, 4.69) is 10.3 Å². The van der Waals surface area contributed by atoms with Gasteiger partial charge in [0.2, 0.25) is 5.91 Å². The Morgan fingerprint density at radius 2 is 1.90 bits per heavy atom. The molecular formula is C22H23FN4O3. The molecule has 1 heterocycles. The molecule has 8 heteroatoms. The number of imidazole rings is 1. The minimum Gasteiger partial charge on any atom is -0.349 e. The van der Waals surface area contributed by atoms with Gasteiger partial charge in [-0.3, -0.25) is 14.8 Å². The molecule has 1 aliphatic rings. The van der Waals surface area contributed by atoms with E-state index in [-0.39, 0.29) is 11.9 Å². The molecule has 0 spiro atoms. The van der Waals surface area contributed by atoms with E-state index in [0.29, 0.717) is 30.8 Å². The third kappa shape index (κ3) is 3.91. The molecule has 2 aromatic carbocycles. The maximum Gasteiger partial charge on any atom is 0.251 e. The Hall–Kier alpha value is -3.26. The summed E-state index contributed by atoms with van der Waals surface area (Å²) in [6, 6.07) is 14.3. The molecule has 2 atom stereocenters. The first kappa shape index (κ1) is 20.0. The van der Waals surface area contributed by atoms with Gasteiger partial charge in [0.05, 0.1) is 17.0 Å². The highest BCUT2D eigenvalue weighted by molar-refractivity contribution is 5.95. The van der Waals surface area contributed by atoms with Gasteiger partial charge < -0.3 is 9.88 Å². The van der Waals surface area contributed by atoms with Crippen molar-refractivity contribution in [1.82, 2.24) is 20.3 Å². The largest absolute Gasteiger partial charge is 0.349 e. The van der Waals surface area contributed by atoms with E-state index >= 15 is 0 Å². The number of benzene rings is 2.